The summed E-state index contributed by atoms with van der Waals surface area (Å²) in [6.45, 7) is 0.544. The lowest BCUT2D eigenvalue weighted by atomic mass is 9.89. The van der Waals surface area contributed by atoms with Crippen molar-refractivity contribution < 1.29 is 24.1 Å². The summed E-state index contributed by atoms with van der Waals surface area (Å²) in [6, 6.07) is 0.971. The SMILES string of the molecule is O=C(CC(CC1CCCC1)C(=O)N1CC2(CC2)C[C@H]1C(=O)Nc1ccno1)NO. The highest BCUT2D eigenvalue weighted by molar-refractivity contribution is 5.97. The summed E-state index contributed by atoms with van der Waals surface area (Å²) in [7, 11) is 0. The normalized spacial score (nSPS) is 23.9. The van der Waals surface area contributed by atoms with Crippen molar-refractivity contribution in [2.75, 3.05) is 11.9 Å². The van der Waals surface area contributed by atoms with Crippen LogP contribution >= 0.6 is 0 Å². The van der Waals surface area contributed by atoms with E-state index in [1.54, 1.807) is 16.4 Å². The molecule has 1 unspecified atom stereocenters. The number of nitrogens with one attached hydrogen (secondary N) is 2. The Labute approximate surface area is 169 Å². The molecule has 9 heteroatoms. The lowest BCUT2D eigenvalue weighted by Gasteiger charge is -2.29. The smallest absolute Gasteiger partial charge is 0.249 e. The molecule has 2 heterocycles. The molecule has 2 saturated carbocycles. The second-order valence-electron chi connectivity index (χ2n) is 8.87. The minimum absolute atomic E-state index is 0.0240. The van der Waals surface area contributed by atoms with Gasteiger partial charge in [0.15, 0.2) is 0 Å². The third-order valence-electron chi connectivity index (χ3n) is 6.73. The van der Waals surface area contributed by atoms with Gasteiger partial charge in [-0.2, -0.15) is 0 Å². The number of carbonyl (C=O) groups is 3. The van der Waals surface area contributed by atoms with Gasteiger partial charge in [-0.1, -0.05) is 30.8 Å². The van der Waals surface area contributed by atoms with Crippen LogP contribution in [0.3, 0.4) is 0 Å². The number of anilines is 1. The molecule has 1 aromatic heterocycles. The quantitative estimate of drug-likeness (QED) is 0.472. The van der Waals surface area contributed by atoms with Gasteiger partial charge in [-0.25, -0.2) is 5.48 Å². The maximum atomic E-state index is 13.5. The number of hydroxylamine groups is 1. The van der Waals surface area contributed by atoms with Gasteiger partial charge in [-0.05, 0) is 37.0 Å². The molecular weight excluding hydrogens is 376 g/mol. The topological polar surface area (TPSA) is 125 Å². The van der Waals surface area contributed by atoms with Crippen molar-refractivity contribution in [1.29, 1.82) is 0 Å². The van der Waals surface area contributed by atoms with Crippen molar-refractivity contribution in [3.8, 4) is 0 Å². The summed E-state index contributed by atoms with van der Waals surface area (Å²) < 4.78 is 4.96. The average Bonchev–Trinajstić information content (AvgIpc) is 3.13. The van der Waals surface area contributed by atoms with Crippen LogP contribution in [0.1, 0.15) is 57.8 Å². The number of likely N-dealkylation sites (tertiary alicyclic amines) is 1. The molecule has 3 N–H and O–H groups in total. The van der Waals surface area contributed by atoms with Gasteiger partial charge in [0.25, 0.3) is 0 Å². The fraction of sp³-hybridized carbons (Fsp3) is 0.700. The summed E-state index contributed by atoms with van der Waals surface area (Å²) in [5, 5.41) is 15.2. The van der Waals surface area contributed by atoms with E-state index in [1.165, 1.54) is 6.20 Å². The summed E-state index contributed by atoms with van der Waals surface area (Å²) in [5.74, 6) is -0.883. The Bertz CT molecular complexity index is 755. The molecule has 3 fully saturated rings. The molecule has 4 rings (SSSR count). The molecule has 3 aliphatic rings. The first kappa shape index (κ1) is 19.9. The fourth-order valence-corrected chi connectivity index (χ4v) is 4.97. The van der Waals surface area contributed by atoms with Crippen molar-refractivity contribution in [2.45, 2.75) is 63.8 Å². The van der Waals surface area contributed by atoms with Gasteiger partial charge in [0, 0.05) is 24.9 Å². The standard InChI is InChI=1S/C20H28N4O5/c25-16(23-28)10-14(9-13-3-1-2-4-13)19(27)24-12-20(6-7-20)11-15(24)18(26)22-17-5-8-21-29-17/h5,8,13-15,28H,1-4,6-7,9-12H2,(H,22,26)(H,23,25)/t14?,15-/m0/s1. The summed E-state index contributed by atoms with van der Waals surface area (Å²) in [4.78, 5) is 39.8. The van der Waals surface area contributed by atoms with E-state index in [9.17, 15) is 14.4 Å². The first-order valence-electron chi connectivity index (χ1n) is 10.4. The zero-order valence-corrected chi connectivity index (χ0v) is 16.4. The largest absolute Gasteiger partial charge is 0.338 e. The first-order valence-corrected chi connectivity index (χ1v) is 10.4. The molecule has 1 spiro atoms. The molecule has 29 heavy (non-hydrogen) atoms. The second-order valence-corrected chi connectivity index (χ2v) is 8.87. The number of rotatable bonds is 7. The van der Waals surface area contributed by atoms with Gasteiger partial charge in [0.05, 0.1) is 6.20 Å². The van der Waals surface area contributed by atoms with E-state index in [2.05, 4.69) is 10.5 Å². The van der Waals surface area contributed by atoms with E-state index in [0.29, 0.717) is 25.3 Å². The van der Waals surface area contributed by atoms with Gasteiger partial charge < -0.3 is 9.42 Å². The Morgan fingerprint density at radius 1 is 1.31 bits per heavy atom. The van der Waals surface area contributed by atoms with E-state index < -0.39 is 17.9 Å². The van der Waals surface area contributed by atoms with Crippen LogP contribution in [-0.4, -0.2) is 45.6 Å². The van der Waals surface area contributed by atoms with Crippen molar-refractivity contribution >= 4 is 23.6 Å². The Balaban J connectivity index is 1.50. The molecule has 0 aromatic carbocycles. The van der Waals surface area contributed by atoms with Gasteiger partial charge >= 0.3 is 0 Å². The van der Waals surface area contributed by atoms with Crippen LogP contribution < -0.4 is 10.8 Å². The number of hydrogen-bond donors (Lipinski definition) is 3. The lowest BCUT2D eigenvalue weighted by Crippen LogP contribution is -2.46. The highest BCUT2D eigenvalue weighted by atomic mass is 16.5. The summed E-state index contributed by atoms with van der Waals surface area (Å²) in [6.07, 6.45) is 9.05. The van der Waals surface area contributed by atoms with Gasteiger partial charge in [0.1, 0.15) is 6.04 Å². The molecule has 2 aliphatic carbocycles. The van der Waals surface area contributed by atoms with Crippen LogP contribution in [0.5, 0.6) is 0 Å². The number of amides is 3. The minimum Gasteiger partial charge on any atom is -0.338 e. The monoisotopic (exact) mass is 404 g/mol. The maximum absolute atomic E-state index is 13.5. The lowest BCUT2D eigenvalue weighted by molar-refractivity contribution is -0.144. The van der Waals surface area contributed by atoms with Crippen LogP contribution in [0, 0.1) is 17.3 Å². The zero-order chi connectivity index (χ0) is 20.4. The number of aromatic nitrogens is 1. The first-order chi connectivity index (χ1) is 14.0. The number of nitrogens with zero attached hydrogens (tertiary/aromatic N) is 2. The van der Waals surface area contributed by atoms with Crippen LogP contribution in [-0.2, 0) is 14.4 Å². The number of carbonyl (C=O) groups excluding carboxylic acids is 3. The van der Waals surface area contributed by atoms with Crippen molar-refractivity contribution in [3.63, 3.8) is 0 Å². The van der Waals surface area contributed by atoms with E-state index in [0.717, 1.165) is 38.5 Å². The van der Waals surface area contributed by atoms with Gasteiger partial charge in [0.2, 0.25) is 23.6 Å². The molecule has 0 bridgehead atoms. The Kier molecular flexibility index (Phi) is 5.58. The van der Waals surface area contributed by atoms with Crippen LogP contribution in [0.2, 0.25) is 0 Å². The van der Waals surface area contributed by atoms with Crippen molar-refractivity contribution in [1.82, 2.24) is 15.5 Å². The average molecular weight is 404 g/mol. The zero-order valence-electron chi connectivity index (χ0n) is 16.4. The predicted octanol–water partition coefficient (Wildman–Crippen LogP) is 2.09. The predicted molar refractivity (Wildman–Crippen MR) is 102 cm³/mol. The molecular formula is C20H28N4O5. The molecule has 2 atom stereocenters. The molecule has 3 amide bonds. The van der Waals surface area contributed by atoms with Crippen molar-refractivity contribution in [2.24, 2.45) is 17.3 Å². The van der Waals surface area contributed by atoms with Gasteiger partial charge in [-0.15, -0.1) is 0 Å². The third-order valence-corrected chi connectivity index (χ3v) is 6.73. The Morgan fingerprint density at radius 2 is 2.07 bits per heavy atom. The van der Waals surface area contributed by atoms with E-state index >= 15 is 0 Å². The Morgan fingerprint density at radius 3 is 2.69 bits per heavy atom. The third kappa shape index (κ3) is 4.44. The van der Waals surface area contributed by atoms with Crippen LogP contribution in [0.15, 0.2) is 16.8 Å². The van der Waals surface area contributed by atoms with Crippen molar-refractivity contribution in [3.05, 3.63) is 12.3 Å². The summed E-state index contributed by atoms with van der Waals surface area (Å²) >= 11 is 0. The van der Waals surface area contributed by atoms with E-state index in [4.69, 9.17) is 9.73 Å². The molecule has 9 nitrogen and oxygen atoms in total. The number of hydrogen-bond acceptors (Lipinski definition) is 6. The van der Waals surface area contributed by atoms with E-state index in [-0.39, 0.29) is 29.5 Å². The Hall–Kier alpha value is -2.42. The molecule has 1 aliphatic heterocycles. The fourth-order valence-electron chi connectivity index (χ4n) is 4.97. The molecule has 0 radical (unpaired) electrons. The summed E-state index contributed by atoms with van der Waals surface area (Å²) in [5.41, 5.74) is 1.67. The van der Waals surface area contributed by atoms with E-state index in [1.807, 2.05) is 0 Å². The van der Waals surface area contributed by atoms with Gasteiger partial charge in [-0.3, -0.25) is 24.9 Å². The highest BCUT2D eigenvalue weighted by Crippen LogP contribution is 2.55. The molecule has 158 valence electrons. The molecule has 1 aromatic rings. The highest BCUT2D eigenvalue weighted by Gasteiger charge is 2.56. The minimum atomic E-state index is -0.585. The second kappa shape index (κ2) is 8.14. The van der Waals surface area contributed by atoms with Crippen LogP contribution in [0.25, 0.3) is 0 Å². The van der Waals surface area contributed by atoms with Crippen LogP contribution in [0.4, 0.5) is 5.88 Å². The maximum Gasteiger partial charge on any atom is 0.249 e. The molecule has 1 saturated heterocycles.